The van der Waals surface area contributed by atoms with Gasteiger partial charge in [-0.15, -0.1) is 10.2 Å². The van der Waals surface area contributed by atoms with Gasteiger partial charge in [-0.1, -0.05) is 36.4 Å². The van der Waals surface area contributed by atoms with Crippen LogP contribution in [0.25, 0.3) is 33.7 Å². The Bertz CT molecular complexity index is 1050. The highest BCUT2D eigenvalue weighted by molar-refractivity contribution is 5.94. The molecule has 0 saturated heterocycles. The van der Waals surface area contributed by atoms with E-state index in [1.54, 1.807) is 24.3 Å². The molecule has 0 N–H and O–H groups in total. The Hall–Kier alpha value is -3.47. The molecule has 0 fully saturated rings. The molecule has 0 aliphatic heterocycles. The quantitative estimate of drug-likeness (QED) is 0.409. The Labute approximate surface area is 143 Å². The smallest absolute Gasteiger partial charge is 0.308 e. The van der Waals surface area contributed by atoms with Gasteiger partial charge in [-0.05, 0) is 41.1 Å². The fraction of sp³-hybridized carbons (Fsp3) is 0.0500. The van der Waals surface area contributed by atoms with Crippen molar-refractivity contribution in [2.24, 2.45) is 0 Å². The van der Waals surface area contributed by atoms with E-state index in [0.29, 0.717) is 17.5 Å². The van der Waals surface area contributed by atoms with E-state index in [2.05, 4.69) is 10.2 Å². The zero-order valence-electron chi connectivity index (χ0n) is 13.5. The molecule has 4 aromatic rings. The molecule has 5 nitrogen and oxygen atoms in total. The summed E-state index contributed by atoms with van der Waals surface area (Å²) in [6.07, 6.45) is 0. The second kappa shape index (κ2) is 6.20. The zero-order valence-corrected chi connectivity index (χ0v) is 13.5. The van der Waals surface area contributed by atoms with Gasteiger partial charge in [-0.25, -0.2) is 0 Å². The van der Waals surface area contributed by atoms with Crippen LogP contribution in [0.5, 0.6) is 5.75 Å². The molecule has 5 heteroatoms. The molecule has 0 radical (unpaired) electrons. The Morgan fingerprint density at radius 1 is 0.880 bits per heavy atom. The minimum Gasteiger partial charge on any atom is -0.427 e. The number of aromatic nitrogens is 2. The van der Waals surface area contributed by atoms with E-state index < -0.39 is 0 Å². The van der Waals surface area contributed by atoms with Crippen molar-refractivity contribution in [1.82, 2.24) is 10.2 Å². The van der Waals surface area contributed by atoms with Gasteiger partial charge in [0.2, 0.25) is 11.8 Å². The monoisotopic (exact) mass is 330 g/mol. The van der Waals surface area contributed by atoms with Gasteiger partial charge in [0.15, 0.2) is 0 Å². The van der Waals surface area contributed by atoms with Gasteiger partial charge in [0, 0.05) is 18.1 Å². The van der Waals surface area contributed by atoms with E-state index in [9.17, 15) is 4.79 Å². The zero-order chi connectivity index (χ0) is 17.2. The number of carbonyl (C=O) groups is 1. The highest BCUT2D eigenvalue weighted by Crippen LogP contribution is 2.30. The average molecular weight is 330 g/mol. The lowest BCUT2D eigenvalue weighted by Gasteiger charge is -2.02. The fourth-order valence-corrected chi connectivity index (χ4v) is 2.69. The van der Waals surface area contributed by atoms with Crippen LogP contribution in [-0.2, 0) is 4.79 Å². The van der Waals surface area contributed by atoms with Crippen molar-refractivity contribution >= 4 is 16.7 Å². The van der Waals surface area contributed by atoms with Crippen molar-refractivity contribution in [3.05, 3.63) is 66.7 Å². The van der Waals surface area contributed by atoms with Gasteiger partial charge in [0.1, 0.15) is 5.75 Å². The summed E-state index contributed by atoms with van der Waals surface area (Å²) in [7, 11) is 0. The van der Waals surface area contributed by atoms with Crippen molar-refractivity contribution in [2.75, 3.05) is 0 Å². The van der Waals surface area contributed by atoms with Crippen molar-refractivity contribution in [2.45, 2.75) is 6.92 Å². The summed E-state index contributed by atoms with van der Waals surface area (Å²) in [4.78, 5) is 11.0. The van der Waals surface area contributed by atoms with Crippen LogP contribution in [0.15, 0.2) is 71.1 Å². The molecule has 0 amide bonds. The van der Waals surface area contributed by atoms with Gasteiger partial charge in [0.25, 0.3) is 0 Å². The normalized spacial score (nSPS) is 10.8. The molecule has 0 spiro atoms. The number of hydrogen-bond acceptors (Lipinski definition) is 5. The number of nitrogens with zero attached hydrogens (tertiary/aromatic N) is 2. The lowest BCUT2D eigenvalue weighted by atomic mass is 10.0. The van der Waals surface area contributed by atoms with E-state index in [1.807, 2.05) is 42.5 Å². The second-order valence-corrected chi connectivity index (χ2v) is 5.56. The van der Waals surface area contributed by atoms with E-state index in [0.717, 1.165) is 21.9 Å². The predicted octanol–water partition coefficient (Wildman–Crippen LogP) is 4.48. The van der Waals surface area contributed by atoms with Crippen LogP contribution >= 0.6 is 0 Å². The molecular weight excluding hydrogens is 316 g/mol. The number of esters is 1. The molecule has 0 bridgehead atoms. The molecule has 1 heterocycles. The molecule has 0 aliphatic rings. The van der Waals surface area contributed by atoms with Gasteiger partial charge in [0.05, 0.1) is 0 Å². The maximum absolute atomic E-state index is 11.0. The predicted molar refractivity (Wildman–Crippen MR) is 94.0 cm³/mol. The number of hydrogen-bond donors (Lipinski definition) is 0. The molecule has 0 unspecified atom stereocenters. The third kappa shape index (κ3) is 2.99. The number of carbonyl (C=O) groups excluding carboxylic acids is 1. The second-order valence-electron chi connectivity index (χ2n) is 5.56. The van der Waals surface area contributed by atoms with Crippen LogP contribution in [0, 0.1) is 0 Å². The topological polar surface area (TPSA) is 65.2 Å². The highest BCUT2D eigenvalue weighted by atomic mass is 16.5. The van der Waals surface area contributed by atoms with Crippen LogP contribution in [0.1, 0.15) is 6.92 Å². The van der Waals surface area contributed by atoms with E-state index >= 15 is 0 Å². The summed E-state index contributed by atoms with van der Waals surface area (Å²) in [6.45, 7) is 1.36. The first-order chi connectivity index (χ1) is 12.2. The maximum Gasteiger partial charge on any atom is 0.308 e. The number of rotatable bonds is 3. The Morgan fingerprint density at radius 3 is 2.40 bits per heavy atom. The first-order valence-electron chi connectivity index (χ1n) is 7.81. The van der Waals surface area contributed by atoms with Crippen LogP contribution in [0.4, 0.5) is 0 Å². The van der Waals surface area contributed by atoms with E-state index in [4.69, 9.17) is 9.15 Å². The SMILES string of the molecule is CC(=O)Oc1ccc(-c2nnc(-c3cccc4ccccc34)o2)cc1. The summed E-state index contributed by atoms with van der Waals surface area (Å²) in [6, 6.07) is 21.0. The van der Waals surface area contributed by atoms with Crippen LogP contribution in [0.3, 0.4) is 0 Å². The van der Waals surface area contributed by atoms with Gasteiger partial charge in [-0.2, -0.15) is 0 Å². The Morgan fingerprint density at radius 2 is 1.60 bits per heavy atom. The number of fused-ring (bicyclic) bond motifs is 1. The summed E-state index contributed by atoms with van der Waals surface area (Å²) in [5.74, 6) is 1.00. The van der Waals surface area contributed by atoms with E-state index in [-0.39, 0.29) is 5.97 Å². The number of ether oxygens (including phenoxy) is 1. The Kier molecular flexibility index (Phi) is 3.74. The van der Waals surface area contributed by atoms with Crippen molar-refractivity contribution in [3.8, 4) is 28.7 Å². The minimum absolute atomic E-state index is 0.358. The van der Waals surface area contributed by atoms with Gasteiger partial charge in [-0.3, -0.25) is 4.79 Å². The molecule has 0 saturated carbocycles. The first-order valence-corrected chi connectivity index (χ1v) is 7.81. The third-order valence-electron chi connectivity index (χ3n) is 3.81. The summed E-state index contributed by atoms with van der Waals surface area (Å²) < 4.78 is 10.9. The Balaban J connectivity index is 1.69. The fourth-order valence-electron chi connectivity index (χ4n) is 2.69. The van der Waals surface area contributed by atoms with Crippen LogP contribution < -0.4 is 4.74 Å². The first kappa shape index (κ1) is 15.1. The highest BCUT2D eigenvalue weighted by Gasteiger charge is 2.13. The maximum atomic E-state index is 11.0. The molecule has 4 rings (SSSR count). The lowest BCUT2D eigenvalue weighted by Crippen LogP contribution is -2.00. The molecule has 3 aromatic carbocycles. The number of benzene rings is 3. The largest absolute Gasteiger partial charge is 0.427 e. The van der Waals surface area contributed by atoms with Crippen LogP contribution in [-0.4, -0.2) is 16.2 Å². The van der Waals surface area contributed by atoms with Crippen molar-refractivity contribution in [3.63, 3.8) is 0 Å². The van der Waals surface area contributed by atoms with E-state index in [1.165, 1.54) is 6.92 Å². The minimum atomic E-state index is -0.358. The van der Waals surface area contributed by atoms with Crippen molar-refractivity contribution < 1.29 is 13.9 Å². The third-order valence-corrected chi connectivity index (χ3v) is 3.81. The molecule has 122 valence electrons. The summed E-state index contributed by atoms with van der Waals surface area (Å²) >= 11 is 0. The summed E-state index contributed by atoms with van der Waals surface area (Å²) in [5, 5.41) is 10.5. The van der Waals surface area contributed by atoms with Crippen LogP contribution in [0.2, 0.25) is 0 Å². The van der Waals surface area contributed by atoms with Gasteiger partial charge < -0.3 is 9.15 Å². The molecule has 0 aliphatic carbocycles. The van der Waals surface area contributed by atoms with Crippen molar-refractivity contribution in [1.29, 1.82) is 0 Å². The molecule has 25 heavy (non-hydrogen) atoms. The van der Waals surface area contributed by atoms with Gasteiger partial charge >= 0.3 is 5.97 Å². The molecule has 0 atom stereocenters. The molecule has 1 aromatic heterocycles. The lowest BCUT2D eigenvalue weighted by molar-refractivity contribution is -0.131. The summed E-state index contributed by atoms with van der Waals surface area (Å²) in [5.41, 5.74) is 1.66. The molecular formula is C20H14N2O3. The standard InChI is InChI=1S/C20H14N2O3/c1-13(23)24-16-11-9-15(10-12-16)19-21-22-20(25-19)18-8-4-6-14-5-2-3-7-17(14)18/h2-12H,1H3. The average Bonchev–Trinajstić information content (AvgIpc) is 3.11.